The van der Waals surface area contributed by atoms with Gasteiger partial charge < -0.3 is 4.74 Å². The maximum absolute atomic E-state index is 10.8. The standard InChI is InChI=1S/C12H15ClN2O2/c1-3-12(16)17-8-7-14-15-11-6-4-5-10(13)9(11)2/h4-7,15H,3,8H2,1-2H3. The number of nitrogens with one attached hydrogen (secondary N) is 1. The fourth-order valence-electron chi connectivity index (χ4n) is 1.11. The topological polar surface area (TPSA) is 50.7 Å². The van der Waals surface area contributed by atoms with Gasteiger partial charge in [0.2, 0.25) is 0 Å². The molecule has 0 unspecified atom stereocenters. The van der Waals surface area contributed by atoms with Crippen LogP contribution in [0.2, 0.25) is 5.02 Å². The molecule has 4 nitrogen and oxygen atoms in total. The fourth-order valence-corrected chi connectivity index (χ4v) is 1.29. The molecule has 1 aromatic rings. The van der Waals surface area contributed by atoms with Gasteiger partial charge in [0.25, 0.3) is 0 Å². The Hall–Kier alpha value is -1.55. The molecule has 5 heteroatoms. The van der Waals surface area contributed by atoms with Gasteiger partial charge in [-0.05, 0) is 24.6 Å². The average Bonchev–Trinajstić information content (AvgIpc) is 2.33. The van der Waals surface area contributed by atoms with E-state index in [4.69, 9.17) is 16.3 Å². The summed E-state index contributed by atoms with van der Waals surface area (Å²) in [5.74, 6) is -0.240. The van der Waals surface area contributed by atoms with E-state index in [9.17, 15) is 4.79 Å². The van der Waals surface area contributed by atoms with Gasteiger partial charge in [-0.1, -0.05) is 24.6 Å². The van der Waals surface area contributed by atoms with Crippen molar-refractivity contribution in [1.82, 2.24) is 0 Å². The summed E-state index contributed by atoms with van der Waals surface area (Å²) in [6.07, 6.45) is 1.86. The minimum absolute atomic E-state index is 0.166. The molecule has 0 saturated carbocycles. The summed E-state index contributed by atoms with van der Waals surface area (Å²) in [5.41, 5.74) is 4.60. The first-order valence-corrected chi connectivity index (χ1v) is 5.71. The van der Waals surface area contributed by atoms with Crippen molar-refractivity contribution in [1.29, 1.82) is 0 Å². The maximum Gasteiger partial charge on any atom is 0.305 e. The molecule has 0 fully saturated rings. The number of hydrazone groups is 1. The van der Waals surface area contributed by atoms with Crippen molar-refractivity contribution < 1.29 is 9.53 Å². The highest BCUT2D eigenvalue weighted by molar-refractivity contribution is 6.31. The first kappa shape index (κ1) is 13.5. The summed E-state index contributed by atoms with van der Waals surface area (Å²) in [5, 5.41) is 4.62. The van der Waals surface area contributed by atoms with Crippen LogP contribution >= 0.6 is 11.6 Å². The Morgan fingerprint density at radius 1 is 1.59 bits per heavy atom. The molecule has 0 atom stereocenters. The average molecular weight is 255 g/mol. The number of nitrogens with zero attached hydrogens (tertiary/aromatic N) is 1. The Morgan fingerprint density at radius 2 is 2.35 bits per heavy atom. The van der Waals surface area contributed by atoms with E-state index in [1.165, 1.54) is 6.21 Å². The molecule has 0 heterocycles. The van der Waals surface area contributed by atoms with Crippen molar-refractivity contribution in [3.63, 3.8) is 0 Å². The second-order valence-electron chi connectivity index (χ2n) is 3.37. The van der Waals surface area contributed by atoms with Gasteiger partial charge in [0, 0.05) is 11.4 Å². The SMILES string of the molecule is CCC(=O)OCC=NNc1cccc(Cl)c1C. The van der Waals surface area contributed by atoms with Gasteiger partial charge >= 0.3 is 5.97 Å². The van der Waals surface area contributed by atoms with Crippen LogP contribution in [0.15, 0.2) is 23.3 Å². The number of rotatable bonds is 5. The number of ether oxygens (including phenoxy) is 1. The summed E-state index contributed by atoms with van der Waals surface area (Å²) < 4.78 is 4.83. The molecule has 0 saturated heterocycles. The number of hydrogen-bond acceptors (Lipinski definition) is 4. The summed E-state index contributed by atoms with van der Waals surface area (Å²) in [6.45, 7) is 3.81. The van der Waals surface area contributed by atoms with Crippen LogP contribution in [0.1, 0.15) is 18.9 Å². The third-order valence-electron chi connectivity index (χ3n) is 2.15. The van der Waals surface area contributed by atoms with Crippen LogP contribution < -0.4 is 5.43 Å². The highest BCUT2D eigenvalue weighted by Gasteiger charge is 1.99. The van der Waals surface area contributed by atoms with Gasteiger partial charge in [-0.15, -0.1) is 0 Å². The van der Waals surface area contributed by atoms with Crippen LogP contribution in [0.3, 0.4) is 0 Å². The molecule has 1 aromatic carbocycles. The lowest BCUT2D eigenvalue weighted by molar-refractivity contribution is -0.141. The Labute approximate surface area is 106 Å². The van der Waals surface area contributed by atoms with E-state index in [1.54, 1.807) is 6.92 Å². The molecule has 0 bridgehead atoms. The second kappa shape index (κ2) is 6.91. The molecule has 0 radical (unpaired) electrons. The largest absolute Gasteiger partial charge is 0.460 e. The highest BCUT2D eigenvalue weighted by Crippen LogP contribution is 2.22. The molecule has 92 valence electrons. The molecule has 0 aliphatic heterocycles. The molecule has 0 aliphatic rings. The van der Waals surface area contributed by atoms with Gasteiger partial charge in [-0.2, -0.15) is 5.10 Å². The predicted octanol–water partition coefficient (Wildman–Crippen LogP) is 3.00. The zero-order chi connectivity index (χ0) is 12.7. The van der Waals surface area contributed by atoms with Gasteiger partial charge in [-0.25, -0.2) is 0 Å². The van der Waals surface area contributed by atoms with Crippen molar-refractivity contribution in [2.24, 2.45) is 5.10 Å². The zero-order valence-corrected chi connectivity index (χ0v) is 10.6. The molecule has 1 N–H and O–H groups in total. The van der Waals surface area contributed by atoms with Crippen LogP contribution in [0, 0.1) is 6.92 Å². The van der Waals surface area contributed by atoms with Crippen molar-refractivity contribution in [2.75, 3.05) is 12.0 Å². The number of carbonyl (C=O) groups excluding carboxylic acids is 1. The van der Waals surface area contributed by atoms with Crippen LogP contribution in [0.25, 0.3) is 0 Å². The van der Waals surface area contributed by atoms with E-state index < -0.39 is 0 Å². The molecule has 0 amide bonds. The van der Waals surface area contributed by atoms with Crippen molar-refractivity contribution in [2.45, 2.75) is 20.3 Å². The molecule has 1 rings (SSSR count). The molecule has 17 heavy (non-hydrogen) atoms. The van der Waals surface area contributed by atoms with Gasteiger partial charge in [-0.3, -0.25) is 10.2 Å². The van der Waals surface area contributed by atoms with Crippen molar-refractivity contribution >= 4 is 29.5 Å². The molecular formula is C12H15ClN2O2. The van der Waals surface area contributed by atoms with E-state index >= 15 is 0 Å². The van der Waals surface area contributed by atoms with Gasteiger partial charge in [0.05, 0.1) is 11.9 Å². The number of esters is 1. The smallest absolute Gasteiger partial charge is 0.305 e. The predicted molar refractivity (Wildman–Crippen MR) is 69.6 cm³/mol. The van der Waals surface area contributed by atoms with Crippen LogP contribution in [0.5, 0.6) is 0 Å². The lowest BCUT2D eigenvalue weighted by Crippen LogP contribution is -2.05. The van der Waals surface area contributed by atoms with Gasteiger partial charge in [0.15, 0.2) is 0 Å². The number of benzene rings is 1. The Morgan fingerprint density at radius 3 is 3.06 bits per heavy atom. The van der Waals surface area contributed by atoms with Crippen LogP contribution in [-0.4, -0.2) is 18.8 Å². The number of halogens is 1. The third kappa shape index (κ3) is 4.44. The third-order valence-corrected chi connectivity index (χ3v) is 2.56. The number of anilines is 1. The molecule has 0 aromatic heterocycles. The Kier molecular flexibility index (Phi) is 5.49. The van der Waals surface area contributed by atoms with Crippen LogP contribution in [-0.2, 0) is 9.53 Å². The summed E-state index contributed by atoms with van der Waals surface area (Å²) in [4.78, 5) is 10.8. The summed E-state index contributed by atoms with van der Waals surface area (Å²) >= 11 is 5.95. The van der Waals surface area contributed by atoms with Crippen molar-refractivity contribution in [3.8, 4) is 0 Å². The van der Waals surface area contributed by atoms with Gasteiger partial charge in [0.1, 0.15) is 6.61 Å². The second-order valence-corrected chi connectivity index (χ2v) is 3.78. The zero-order valence-electron chi connectivity index (χ0n) is 9.87. The molecule has 0 spiro atoms. The van der Waals surface area contributed by atoms with E-state index in [0.717, 1.165) is 11.3 Å². The minimum Gasteiger partial charge on any atom is -0.460 e. The minimum atomic E-state index is -0.240. The monoisotopic (exact) mass is 254 g/mol. The summed E-state index contributed by atoms with van der Waals surface area (Å²) in [7, 11) is 0. The first-order chi connectivity index (χ1) is 8.15. The highest BCUT2D eigenvalue weighted by atomic mass is 35.5. The lowest BCUT2D eigenvalue weighted by atomic mass is 10.2. The Balaban J connectivity index is 2.42. The first-order valence-electron chi connectivity index (χ1n) is 5.33. The number of carbonyl (C=O) groups is 1. The quantitative estimate of drug-likeness (QED) is 0.499. The van der Waals surface area contributed by atoms with E-state index in [2.05, 4.69) is 10.5 Å². The molecular weight excluding hydrogens is 240 g/mol. The Bertz CT molecular complexity index is 419. The number of hydrogen-bond donors (Lipinski definition) is 1. The molecule has 0 aliphatic carbocycles. The maximum atomic E-state index is 10.8. The van der Waals surface area contributed by atoms with Crippen molar-refractivity contribution in [3.05, 3.63) is 28.8 Å². The van der Waals surface area contributed by atoms with Crippen LogP contribution in [0.4, 0.5) is 5.69 Å². The van der Waals surface area contributed by atoms with E-state index in [0.29, 0.717) is 11.4 Å². The van der Waals surface area contributed by atoms with E-state index in [-0.39, 0.29) is 12.6 Å². The fraction of sp³-hybridized carbons (Fsp3) is 0.333. The normalized spacial score (nSPS) is 10.5. The van der Waals surface area contributed by atoms with E-state index in [1.807, 2.05) is 25.1 Å². The lowest BCUT2D eigenvalue weighted by Gasteiger charge is -2.05. The summed E-state index contributed by atoms with van der Waals surface area (Å²) in [6, 6.07) is 5.52.